The van der Waals surface area contributed by atoms with E-state index in [1.165, 1.54) is 0 Å². The van der Waals surface area contributed by atoms with Crippen molar-refractivity contribution in [1.29, 1.82) is 0 Å². The number of aryl methyl sites for hydroxylation is 1. The van der Waals surface area contributed by atoms with E-state index in [1.54, 1.807) is 6.20 Å². The summed E-state index contributed by atoms with van der Waals surface area (Å²) in [7, 11) is 0. The van der Waals surface area contributed by atoms with Crippen LogP contribution in [0.1, 0.15) is 5.69 Å². The second kappa shape index (κ2) is 3.55. The number of hydrogen-bond donors (Lipinski definition) is 1. The van der Waals surface area contributed by atoms with Crippen molar-refractivity contribution >= 4 is 16.7 Å². The number of nitrogens with two attached hydrogens (primary N) is 1. The molecule has 2 N–H and O–H groups in total. The Morgan fingerprint density at radius 1 is 1.24 bits per heavy atom. The molecule has 0 radical (unpaired) electrons. The largest absolute Gasteiger partial charge is 0.383 e. The Labute approximate surface area is 97.3 Å². The average molecular weight is 226 g/mol. The van der Waals surface area contributed by atoms with E-state index >= 15 is 0 Å². The van der Waals surface area contributed by atoms with Gasteiger partial charge in [0.15, 0.2) is 5.76 Å². The summed E-state index contributed by atoms with van der Waals surface area (Å²) in [5, 5.41) is 4.68. The third-order valence-corrected chi connectivity index (χ3v) is 2.53. The quantitative estimate of drug-likeness (QED) is 0.688. The van der Waals surface area contributed by atoms with E-state index in [1.807, 2.05) is 31.2 Å². The van der Waals surface area contributed by atoms with Crippen molar-refractivity contribution < 1.29 is 4.52 Å². The van der Waals surface area contributed by atoms with Crippen LogP contribution in [0, 0.1) is 6.92 Å². The SMILES string of the molecule is Cc1cc(-c2ccc3c(N)nccc3n2)on1. The fraction of sp³-hybridized carbons (Fsp3) is 0.0833. The number of pyridine rings is 2. The van der Waals surface area contributed by atoms with Crippen molar-refractivity contribution in [3.8, 4) is 11.5 Å². The maximum atomic E-state index is 5.76. The Morgan fingerprint density at radius 2 is 2.12 bits per heavy atom. The highest BCUT2D eigenvalue weighted by atomic mass is 16.5. The molecule has 0 amide bonds. The Kier molecular flexibility index (Phi) is 2.04. The predicted octanol–water partition coefficient (Wildman–Crippen LogP) is 2.18. The van der Waals surface area contributed by atoms with Crippen LogP contribution < -0.4 is 5.73 Å². The molecule has 3 heterocycles. The molecule has 5 heteroatoms. The maximum absolute atomic E-state index is 5.76. The first kappa shape index (κ1) is 9.77. The zero-order chi connectivity index (χ0) is 11.8. The number of nitrogens with zero attached hydrogens (tertiary/aromatic N) is 3. The first-order chi connectivity index (χ1) is 8.24. The Hall–Kier alpha value is -2.43. The lowest BCUT2D eigenvalue weighted by atomic mass is 10.2. The van der Waals surface area contributed by atoms with Gasteiger partial charge in [0.05, 0.1) is 11.2 Å². The lowest BCUT2D eigenvalue weighted by Gasteiger charge is -2.01. The van der Waals surface area contributed by atoms with E-state index in [4.69, 9.17) is 10.3 Å². The summed E-state index contributed by atoms with van der Waals surface area (Å²) in [6, 6.07) is 7.40. The van der Waals surface area contributed by atoms with Crippen molar-refractivity contribution in [2.75, 3.05) is 5.73 Å². The second-order valence-corrected chi connectivity index (χ2v) is 3.79. The van der Waals surface area contributed by atoms with E-state index < -0.39 is 0 Å². The fourth-order valence-corrected chi connectivity index (χ4v) is 1.70. The van der Waals surface area contributed by atoms with Crippen molar-refractivity contribution in [3.63, 3.8) is 0 Å². The molecule has 0 bridgehead atoms. The summed E-state index contributed by atoms with van der Waals surface area (Å²) in [6.45, 7) is 1.87. The highest BCUT2D eigenvalue weighted by molar-refractivity contribution is 5.89. The highest BCUT2D eigenvalue weighted by Crippen LogP contribution is 2.23. The third kappa shape index (κ3) is 1.61. The summed E-state index contributed by atoms with van der Waals surface area (Å²) < 4.78 is 5.17. The first-order valence-electron chi connectivity index (χ1n) is 5.19. The van der Waals surface area contributed by atoms with Gasteiger partial charge in [-0.3, -0.25) is 0 Å². The van der Waals surface area contributed by atoms with E-state index in [-0.39, 0.29) is 0 Å². The van der Waals surface area contributed by atoms with E-state index in [9.17, 15) is 0 Å². The van der Waals surface area contributed by atoms with Crippen molar-refractivity contribution in [2.24, 2.45) is 0 Å². The van der Waals surface area contributed by atoms with Crippen LogP contribution in [0.2, 0.25) is 0 Å². The average Bonchev–Trinajstić information content (AvgIpc) is 2.76. The smallest absolute Gasteiger partial charge is 0.185 e. The third-order valence-electron chi connectivity index (χ3n) is 2.53. The van der Waals surface area contributed by atoms with E-state index in [2.05, 4.69) is 15.1 Å². The Balaban J connectivity index is 2.20. The van der Waals surface area contributed by atoms with Crippen LogP contribution in [-0.2, 0) is 0 Å². The van der Waals surface area contributed by atoms with Gasteiger partial charge in [-0.1, -0.05) is 5.16 Å². The van der Waals surface area contributed by atoms with Crippen LogP contribution in [0.25, 0.3) is 22.4 Å². The van der Waals surface area contributed by atoms with Crippen LogP contribution in [0.3, 0.4) is 0 Å². The molecule has 0 fully saturated rings. The van der Waals surface area contributed by atoms with Crippen LogP contribution in [-0.4, -0.2) is 15.1 Å². The van der Waals surface area contributed by atoms with E-state index in [0.717, 1.165) is 22.3 Å². The van der Waals surface area contributed by atoms with Crippen molar-refractivity contribution in [1.82, 2.24) is 15.1 Å². The molecule has 3 rings (SSSR count). The number of anilines is 1. The van der Waals surface area contributed by atoms with Gasteiger partial charge in [-0.15, -0.1) is 0 Å². The van der Waals surface area contributed by atoms with Gasteiger partial charge in [0.1, 0.15) is 11.5 Å². The van der Waals surface area contributed by atoms with E-state index in [0.29, 0.717) is 11.6 Å². The van der Waals surface area contributed by atoms with Gasteiger partial charge in [-0.05, 0) is 25.1 Å². The molecule has 0 aliphatic rings. The topological polar surface area (TPSA) is 77.8 Å². The number of aromatic nitrogens is 3. The molecule has 84 valence electrons. The van der Waals surface area contributed by atoms with Gasteiger partial charge in [0.2, 0.25) is 0 Å². The standard InChI is InChI=1S/C12H10N4O/c1-7-6-11(17-16-7)10-3-2-8-9(15-10)4-5-14-12(8)13/h2-6H,1H3,(H2,13,14). The summed E-state index contributed by atoms with van der Waals surface area (Å²) in [5.74, 6) is 1.13. The molecule has 0 aliphatic heterocycles. The number of hydrogen-bond acceptors (Lipinski definition) is 5. The maximum Gasteiger partial charge on any atom is 0.185 e. The molecule has 0 aromatic carbocycles. The number of rotatable bonds is 1. The predicted molar refractivity (Wildman–Crippen MR) is 64.2 cm³/mol. The molecular weight excluding hydrogens is 216 g/mol. The minimum Gasteiger partial charge on any atom is -0.383 e. The number of nitrogen functional groups attached to an aromatic ring is 1. The minimum absolute atomic E-state index is 0.482. The van der Waals surface area contributed by atoms with Gasteiger partial charge in [-0.2, -0.15) is 0 Å². The van der Waals surface area contributed by atoms with Gasteiger partial charge < -0.3 is 10.3 Å². The Morgan fingerprint density at radius 3 is 2.88 bits per heavy atom. The molecule has 3 aromatic heterocycles. The van der Waals surface area contributed by atoms with Gasteiger partial charge >= 0.3 is 0 Å². The van der Waals surface area contributed by atoms with Gasteiger partial charge in [0, 0.05) is 17.6 Å². The van der Waals surface area contributed by atoms with Crippen molar-refractivity contribution in [2.45, 2.75) is 6.92 Å². The molecule has 0 spiro atoms. The normalized spacial score (nSPS) is 10.9. The zero-order valence-electron chi connectivity index (χ0n) is 9.21. The zero-order valence-corrected chi connectivity index (χ0v) is 9.21. The van der Waals surface area contributed by atoms with Crippen LogP contribution in [0.15, 0.2) is 35.0 Å². The fourth-order valence-electron chi connectivity index (χ4n) is 1.70. The second-order valence-electron chi connectivity index (χ2n) is 3.79. The van der Waals surface area contributed by atoms with Crippen molar-refractivity contribution in [3.05, 3.63) is 36.2 Å². The number of fused-ring (bicyclic) bond motifs is 1. The van der Waals surface area contributed by atoms with Crippen LogP contribution >= 0.6 is 0 Å². The lowest BCUT2D eigenvalue weighted by molar-refractivity contribution is 0.426. The lowest BCUT2D eigenvalue weighted by Crippen LogP contribution is -1.92. The summed E-state index contributed by atoms with van der Waals surface area (Å²) in [5.41, 5.74) is 8.13. The molecule has 3 aromatic rings. The molecule has 0 unspecified atom stereocenters. The monoisotopic (exact) mass is 226 g/mol. The summed E-state index contributed by atoms with van der Waals surface area (Å²) >= 11 is 0. The van der Waals surface area contributed by atoms with Gasteiger partial charge in [-0.25, -0.2) is 9.97 Å². The molecular formula is C12H10N4O. The molecule has 5 nitrogen and oxygen atoms in total. The minimum atomic E-state index is 0.482. The first-order valence-corrected chi connectivity index (χ1v) is 5.19. The molecule has 0 saturated heterocycles. The Bertz CT molecular complexity index is 690. The highest BCUT2D eigenvalue weighted by Gasteiger charge is 2.07. The summed E-state index contributed by atoms with van der Waals surface area (Å²) in [6.07, 6.45) is 1.64. The van der Waals surface area contributed by atoms with Gasteiger partial charge in [0.25, 0.3) is 0 Å². The van der Waals surface area contributed by atoms with Crippen LogP contribution in [0.5, 0.6) is 0 Å². The van der Waals surface area contributed by atoms with Crippen LogP contribution in [0.4, 0.5) is 5.82 Å². The molecule has 0 saturated carbocycles. The molecule has 17 heavy (non-hydrogen) atoms. The molecule has 0 aliphatic carbocycles. The summed E-state index contributed by atoms with van der Waals surface area (Å²) in [4.78, 5) is 8.48. The molecule has 0 atom stereocenters.